The number of nitrogens with zero attached hydrogens (tertiary/aromatic N) is 2. The Labute approximate surface area is 111 Å². The van der Waals surface area contributed by atoms with Crippen molar-refractivity contribution in [3.63, 3.8) is 0 Å². The molecule has 0 aliphatic carbocycles. The zero-order valence-corrected chi connectivity index (χ0v) is 11.5. The molecule has 0 aromatic carbocycles. The quantitative estimate of drug-likeness (QED) is 0.860. The Morgan fingerprint density at radius 2 is 2.33 bits per heavy atom. The van der Waals surface area contributed by atoms with Gasteiger partial charge in [-0.2, -0.15) is 0 Å². The van der Waals surface area contributed by atoms with E-state index in [4.69, 9.17) is 5.73 Å². The number of anilines is 1. The van der Waals surface area contributed by atoms with Crippen LogP contribution in [0.5, 0.6) is 0 Å². The Balaban J connectivity index is 1.67. The van der Waals surface area contributed by atoms with Crippen LogP contribution in [-0.4, -0.2) is 42.5 Å². The second-order valence-corrected chi connectivity index (χ2v) is 5.75. The molecule has 1 aliphatic rings. The maximum Gasteiger partial charge on any atom is 0.270 e. The first-order valence-electron chi connectivity index (χ1n) is 6.33. The lowest BCUT2D eigenvalue weighted by atomic mass is 9.94. The fourth-order valence-corrected chi connectivity index (χ4v) is 2.77. The summed E-state index contributed by atoms with van der Waals surface area (Å²) in [5, 5.41) is 5.04. The van der Waals surface area contributed by atoms with Gasteiger partial charge in [0.1, 0.15) is 5.69 Å². The van der Waals surface area contributed by atoms with E-state index in [-0.39, 0.29) is 5.91 Å². The van der Waals surface area contributed by atoms with Crippen LogP contribution >= 0.6 is 11.3 Å². The molecule has 0 unspecified atom stereocenters. The number of thiazole rings is 1. The minimum absolute atomic E-state index is 0.115. The van der Waals surface area contributed by atoms with E-state index in [2.05, 4.69) is 22.2 Å². The van der Waals surface area contributed by atoms with Crippen molar-refractivity contribution < 1.29 is 4.79 Å². The van der Waals surface area contributed by atoms with E-state index in [0.717, 1.165) is 18.9 Å². The SMILES string of the molecule is CN1CCC(CCNC(=O)c2csc(N)n2)CC1. The van der Waals surface area contributed by atoms with Crippen LogP contribution in [0.4, 0.5) is 5.13 Å². The van der Waals surface area contributed by atoms with Crippen molar-refractivity contribution in [2.24, 2.45) is 5.92 Å². The van der Waals surface area contributed by atoms with E-state index in [1.165, 1.54) is 37.3 Å². The van der Waals surface area contributed by atoms with Gasteiger partial charge in [0.05, 0.1) is 0 Å². The minimum atomic E-state index is -0.115. The van der Waals surface area contributed by atoms with Crippen LogP contribution in [0.3, 0.4) is 0 Å². The number of nitrogens with two attached hydrogens (primary N) is 1. The van der Waals surface area contributed by atoms with E-state index in [0.29, 0.717) is 10.8 Å². The molecule has 0 radical (unpaired) electrons. The molecule has 6 heteroatoms. The molecular formula is C12H20N4OS. The number of carbonyl (C=O) groups excluding carboxylic acids is 1. The monoisotopic (exact) mass is 268 g/mol. The van der Waals surface area contributed by atoms with Crippen LogP contribution < -0.4 is 11.1 Å². The van der Waals surface area contributed by atoms with E-state index in [1.807, 2.05) is 0 Å². The lowest BCUT2D eigenvalue weighted by Gasteiger charge is -2.28. The first kappa shape index (κ1) is 13.3. The Kier molecular flexibility index (Phi) is 4.54. The highest BCUT2D eigenvalue weighted by Gasteiger charge is 2.16. The standard InChI is InChI=1S/C12H20N4OS/c1-16-6-3-9(4-7-16)2-5-14-11(17)10-8-18-12(13)15-10/h8-9H,2-7H2,1H3,(H2,13,15)(H,14,17). The molecule has 18 heavy (non-hydrogen) atoms. The third kappa shape index (κ3) is 3.68. The van der Waals surface area contributed by atoms with Crippen molar-refractivity contribution in [2.45, 2.75) is 19.3 Å². The van der Waals surface area contributed by atoms with Gasteiger partial charge in [-0.15, -0.1) is 11.3 Å². The van der Waals surface area contributed by atoms with Crippen molar-refractivity contribution in [1.82, 2.24) is 15.2 Å². The molecule has 0 saturated carbocycles. The van der Waals surface area contributed by atoms with Crippen molar-refractivity contribution in [2.75, 3.05) is 32.4 Å². The molecule has 2 rings (SSSR count). The number of carbonyl (C=O) groups is 1. The summed E-state index contributed by atoms with van der Waals surface area (Å²) in [4.78, 5) is 18.0. The van der Waals surface area contributed by atoms with Gasteiger partial charge in [0.15, 0.2) is 5.13 Å². The lowest BCUT2D eigenvalue weighted by Crippen LogP contribution is -2.32. The van der Waals surface area contributed by atoms with Crippen LogP contribution in [0.2, 0.25) is 0 Å². The third-order valence-electron chi connectivity index (χ3n) is 3.43. The highest BCUT2D eigenvalue weighted by atomic mass is 32.1. The molecule has 2 heterocycles. The number of amides is 1. The number of nitrogen functional groups attached to an aromatic ring is 1. The van der Waals surface area contributed by atoms with Gasteiger partial charge < -0.3 is 16.0 Å². The maximum atomic E-state index is 11.7. The lowest BCUT2D eigenvalue weighted by molar-refractivity contribution is 0.0944. The molecule has 5 nitrogen and oxygen atoms in total. The highest BCUT2D eigenvalue weighted by Crippen LogP contribution is 2.18. The fourth-order valence-electron chi connectivity index (χ4n) is 2.22. The van der Waals surface area contributed by atoms with Crippen LogP contribution in [0.25, 0.3) is 0 Å². The fraction of sp³-hybridized carbons (Fsp3) is 0.667. The average molecular weight is 268 g/mol. The largest absolute Gasteiger partial charge is 0.375 e. The molecule has 1 aliphatic heterocycles. The van der Waals surface area contributed by atoms with Gasteiger partial charge in [0.2, 0.25) is 0 Å². The van der Waals surface area contributed by atoms with Crippen LogP contribution in [0, 0.1) is 5.92 Å². The second-order valence-electron chi connectivity index (χ2n) is 4.86. The number of aromatic nitrogens is 1. The Hall–Kier alpha value is -1.14. The van der Waals surface area contributed by atoms with Gasteiger partial charge in [0, 0.05) is 11.9 Å². The summed E-state index contributed by atoms with van der Waals surface area (Å²) in [6.07, 6.45) is 3.52. The smallest absolute Gasteiger partial charge is 0.270 e. The molecule has 1 saturated heterocycles. The predicted molar refractivity (Wildman–Crippen MR) is 73.7 cm³/mol. The zero-order valence-electron chi connectivity index (χ0n) is 10.7. The molecule has 100 valence electrons. The first-order valence-corrected chi connectivity index (χ1v) is 7.21. The molecule has 0 atom stereocenters. The topological polar surface area (TPSA) is 71.2 Å². The van der Waals surface area contributed by atoms with Crippen molar-refractivity contribution >= 4 is 22.4 Å². The van der Waals surface area contributed by atoms with Gasteiger partial charge in [-0.05, 0) is 45.3 Å². The molecule has 1 fully saturated rings. The zero-order chi connectivity index (χ0) is 13.0. The Morgan fingerprint density at radius 3 is 2.94 bits per heavy atom. The van der Waals surface area contributed by atoms with Gasteiger partial charge in [-0.1, -0.05) is 0 Å². The first-order chi connectivity index (χ1) is 8.65. The molecular weight excluding hydrogens is 248 g/mol. The maximum absolute atomic E-state index is 11.7. The molecule has 1 aromatic heterocycles. The predicted octanol–water partition coefficient (Wildman–Crippen LogP) is 1.19. The van der Waals surface area contributed by atoms with Crippen LogP contribution in [0.15, 0.2) is 5.38 Å². The molecule has 1 aromatic rings. The van der Waals surface area contributed by atoms with Crippen LogP contribution in [0.1, 0.15) is 29.8 Å². The normalized spacial score (nSPS) is 17.8. The van der Waals surface area contributed by atoms with E-state index in [1.54, 1.807) is 5.38 Å². The summed E-state index contributed by atoms with van der Waals surface area (Å²) >= 11 is 1.29. The van der Waals surface area contributed by atoms with E-state index < -0.39 is 0 Å². The Bertz CT molecular complexity index is 399. The number of piperidine rings is 1. The highest BCUT2D eigenvalue weighted by molar-refractivity contribution is 7.13. The molecule has 1 amide bonds. The van der Waals surface area contributed by atoms with Gasteiger partial charge in [-0.25, -0.2) is 4.98 Å². The van der Waals surface area contributed by atoms with Gasteiger partial charge in [-0.3, -0.25) is 4.79 Å². The van der Waals surface area contributed by atoms with Gasteiger partial charge >= 0.3 is 0 Å². The Morgan fingerprint density at radius 1 is 1.61 bits per heavy atom. The number of likely N-dealkylation sites (tertiary alicyclic amines) is 1. The number of nitrogens with one attached hydrogen (secondary N) is 1. The third-order valence-corrected chi connectivity index (χ3v) is 4.10. The number of rotatable bonds is 4. The summed E-state index contributed by atoms with van der Waals surface area (Å²) in [5.41, 5.74) is 5.93. The van der Waals surface area contributed by atoms with Crippen LogP contribution in [-0.2, 0) is 0 Å². The second kappa shape index (κ2) is 6.15. The van der Waals surface area contributed by atoms with E-state index in [9.17, 15) is 4.79 Å². The summed E-state index contributed by atoms with van der Waals surface area (Å²) in [5.74, 6) is 0.623. The summed E-state index contributed by atoms with van der Waals surface area (Å²) in [6, 6.07) is 0. The average Bonchev–Trinajstić information content (AvgIpc) is 2.78. The minimum Gasteiger partial charge on any atom is -0.375 e. The van der Waals surface area contributed by atoms with Gasteiger partial charge in [0.25, 0.3) is 5.91 Å². The van der Waals surface area contributed by atoms with Crippen molar-refractivity contribution in [1.29, 1.82) is 0 Å². The summed E-state index contributed by atoms with van der Waals surface area (Å²) in [6.45, 7) is 3.06. The molecule has 3 N–H and O–H groups in total. The molecule has 0 bridgehead atoms. The summed E-state index contributed by atoms with van der Waals surface area (Å²) < 4.78 is 0. The van der Waals surface area contributed by atoms with Crippen molar-refractivity contribution in [3.8, 4) is 0 Å². The van der Waals surface area contributed by atoms with Crippen molar-refractivity contribution in [3.05, 3.63) is 11.1 Å². The molecule has 0 spiro atoms. The van der Waals surface area contributed by atoms with E-state index >= 15 is 0 Å². The summed E-state index contributed by atoms with van der Waals surface area (Å²) in [7, 11) is 2.16. The number of hydrogen-bond donors (Lipinski definition) is 2. The number of hydrogen-bond acceptors (Lipinski definition) is 5.